The maximum Gasteiger partial charge on any atom is 0.0721 e. The van der Waals surface area contributed by atoms with E-state index in [-0.39, 0.29) is 0 Å². The molecule has 1 aromatic rings. The molecule has 84 valence electrons. The smallest absolute Gasteiger partial charge is 0.0721 e. The second-order valence-corrected chi connectivity index (χ2v) is 4.07. The Hall–Kier alpha value is -1.30. The van der Waals surface area contributed by atoms with Gasteiger partial charge in [-0.15, -0.1) is 0 Å². The largest absolute Gasteiger partial charge is 0.374 e. The van der Waals surface area contributed by atoms with Crippen LogP contribution in [0.3, 0.4) is 0 Å². The van der Waals surface area contributed by atoms with Gasteiger partial charge in [0.25, 0.3) is 0 Å². The van der Waals surface area contributed by atoms with Crippen LogP contribution in [0.5, 0.6) is 0 Å². The summed E-state index contributed by atoms with van der Waals surface area (Å²) in [7, 11) is 0. The average Bonchev–Trinajstić information content (AvgIpc) is 2.25. The highest BCUT2D eigenvalue weighted by atomic mass is 16.5. The highest BCUT2D eigenvalue weighted by Gasteiger charge is 2.17. The highest BCUT2D eigenvalue weighted by molar-refractivity contribution is 5.37. The summed E-state index contributed by atoms with van der Waals surface area (Å²) in [6.45, 7) is 1.10. The van der Waals surface area contributed by atoms with Gasteiger partial charge in [-0.25, -0.2) is 0 Å². The van der Waals surface area contributed by atoms with Gasteiger partial charge in [0.15, 0.2) is 0 Å². The lowest BCUT2D eigenvalue weighted by Gasteiger charge is -2.25. The molecule has 2 heteroatoms. The third-order valence-electron chi connectivity index (χ3n) is 2.80. The van der Waals surface area contributed by atoms with Gasteiger partial charge in [-0.2, -0.15) is 0 Å². The summed E-state index contributed by atoms with van der Waals surface area (Å²) in [4.78, 5) is 0. The second kappa shape index (κ2) is 5.69. The zero-order valence-corrected chi connectivity index (χ0v) is 9.41. The Balaban J connectivity index is 1.92. The van der Waals surface area contributed by atoms with E-state index in [1.807, 2.05) is 12.1 Å². The van der Waals surface area contributed by atoms with Gasteiger partial charge >= 0.3 is 0 Å². The van der Waals surface area contributed by atoms with E-state index < -0.39 is 0 Å². The van der Waals surface area contributed by atoms with Crippen molar-refractivity contribution in [3.05, 3.63) is 35.4 Å². The Labute approximate surface area is 96.8 Å². The van der Waals surface area contributed by atoms with Crippen LogP contribution in [-0.2, 0) is 11.3 Å². The number of hydrogen-bond donors (Lipinski definition) is 1. The minimum absolute atomic E-state index is 0.406. The summed E-state index contributed by atoms with van der Waals surface area (Å²) in [5.74, 6) is 5.89. The van der Waals surface area contributed by atoms with Crippen LogP contribution in [0.4, 0.5) is 0 Å². The lowest BCUT2D eigenvalue weighted by atomic mass is 9.96. The highest BCUT2D eigenvalue weighted by Crippen LogP contribution is 2.23. The Morgan fingerprint density at radius 3 is 2.94 bits per heavy atom. The molecular formula is C14H17NO. The molecule has 2 nitrogen and oxygen atoms in total. The molecule has 1 aromatic carbocycles. The molecule has 1 aliphatic rings. The van der Waals surface area contributed by atoms with Crippen molar-refractivity contribution in [3.8, 4) is 11.8 Å². The summed E-state index contributed by atoms with van der Waals surface area (Å²) in [5.41, 5.74) is 7.54. The van der Waals surface area contributed by atoms with Crippen molar-refractivity contribution in [2.75, 3.05) is 6.54 Å². The van der Waals surface area contributed by atoms with E-state index in [2.05, 4.69) is 24.0 Å². The first-order valence-electron chi connectivity index (χ1n) is 5.78. The molecule has 0 atom stereocenters. The topological polar surface area (TPSA) is 35.2 Å². The number of benzene rings is 1. The molecule has 0 bridgehead atoms. The van der Waals surface area contributed by atoms with Gasteiger partial charge in [-0.05, 0) is 37.0 Å². The minimum Gasteiger partial charge on any atom is -0.374 e. The van der Waals surface area contributed by atoms with E-state index in [1.165, 1.54) is 24.8 Å². The van der Waals surface area contributed by atoms with Crippen LogP contribution < -0.4 is 5.73 Å². The van der Waals surface area contributed by atoms with Crippen molar-refractivity contribution in [1.29, 1.82) is 0 Å². The van der Waals surface area contributed by atoms with Crippen LogP contribution >= 0.6 is 0 Å². The first kappa shape index (κ1) is 11.2. The molecule has 1 saturated carbocycles. The fraction of sp³-hybridized carbons (Fsp3) is 0.429. The fourth-order valence-corrected chi connectivity index (χ4v) is 1.64. The first-order chi connectivity index (χ1) is 7.88. The maximum absolute atomic E-state index is 5.75. The summed E-state index contributed by atoms with van der Waals surface area (Å²) >= 11 is 0. The molecule has 0 amide bonds. The predicted molar refractivity (Wildman–Crippen MR) is 64.8 cm³/mol. The van der Waals surface area contributed by atoms with Crippen molar-refractivity contribution in [1.82, 2.24) is 0 Å². The van der Waals surface area contributed by atoms with Gasteiger partial charge < -0.3 is 10.5 Å². The molecule has 1 fully saturated rings. The van der Waals surface area contributed by atoms with Crippen molar-refractivity contribution < 1.29 is 4.74 Å². The average molecular weight is 215 g/mol. The molecule has 1 aliphatic carbocycles. The maximum atomic E-state index is 5.75. The van der Waals surface area contributed by atoms with Crippen molar-refractivity contribution >= 4 is 0 Å². The lowest BCUT2D eigenvalue weighted by molar-refractivity contribution is -0.00866. The van der Waals surface area contributed by atoms with E-state index in [1.54, 1.807) is 0 Å². The van der Waals surface area contributed by atoms with Gasteiger partial charge in [0.05, 0.1) is 19.3 Å². The Kier molecular flexibility index (Phi) is 3.98. The van der Waals surface area contributed by atoms with Crippen LogP contribution in [-0.4, -0.2) is 12.6 Å². The zero-order valence-electron chi connectivity index (χ0n) is 9.41. The molecule has 0 aromatic heterocycles. The van der Waals surface area contributed by atoms with Crippen LogP contribution in [0.15, 0.2) is 24.3 Å². The number of hydrogen-bond acceptors (Lipinski definition) is 2. The molecule has 0 spiro atoms. The summed E-state index contributed by atoms with van der Waals surface area (Å²) in [6, 6.07) is 8.16. The SMILES string of the molecule is NCC#Cc1cccc(COC2CCC2)c1. The third kappa shape index (κ3) is 3.10. The molecule has 0 radical (unpaired) electrons. The molecule has 2 N–H and O–H groups in total. The molecule has 0 heterocycles. The van der Waals surface area contributed by atoms with Crippen LogP contribution in [0.25, 0.3) is 0 Å². The lowest BCUT2D eigenvalue weighted by Crippen LogP contribution is -2.21. The van der Waals surface area contributed by atoms with E-state index in [9.17, 15) is 0 Å². The standard InChI is InChI=1S/C14H17NO/c15-9-3-6-12-4-1-5-13(10-12)11-16-14-7-2-8-14/h1,4-5,10,14H,2,7-9,11,15H2. The van der Waals surface area contributed by atoms with Gasteiger partial charge in [-0.1, -0.05) is 24.0 Å². The fourth-order valence-electron chi connectivity index (χ4n) is 1.64. The van der Waals surface area contributed by atoms with E-state index in [0.29, 0.717) is 19.3 Å². The minimum atomic E-state index is 0.406. The second-order valence-electron chi connectivity index (χ2n) is 4.07. The van der Waals surface area contributed by atoms with Crippen LogP contribution in [0.2, 0.25) is 0 Å². The third-order valence-corrected chi connectivity index (χ3v) is 2.80. The Morgan fingerprint density at radius 1 is 1.38 bits per heavy atom. The Bertz CT molecular complexity index is 399. The molecule has 0 aliphatic heterocycles. The molecule has 16 heavy (non-hydrogen) atoms. The zero-order chi connectivity index (χ0) is 11.2. The normalized spacial score (nSPS) is 15.1. The molecule has 0 saturated heterocycles. The van der Waals surface area contributed by atoms with Crippen molar-refractivity contribution in [2.45, 2.75) is 32.0 Å². The quantitative estimate of drug-likeness (QED) is 0.783. The van der Waals surface area contributed by atoms with E-state index >= 15 is 0 Å². The number of nitrogens with two attached hydrogens (primary N) is 1. The molecule has 0 unspecified atom stereocenters. The van der Waals surface area contributed by atoms with Crippen LogP contribution in [0, 0.1) is 11.8 Å². The predicted octanol–water partition coefficient (Wildman–Crippen LogP) is 2.07. The van der Waals surface area contributed by atoms with Crippen molar-refractivity contribution in [3.63, 3.8) is 0 Å². The van der Waals surface area contributed by atoms with Gasteiger partial charge in [-0.3, -0.25) is 0 Å². The Morgan fingerprint density at radius 2 is 2.25 bits per heavy atom. The van der Waals surface area contributed by atoms with E-state index in [4.69, 9.17) is 10.5 Å². The summed E-state index contributed by atoms with van der Waals surface area (Å²) in [6.07, 6.45) is 4.23. The summed E-state index contributed by atoms with van der Waals surface area (Å²) < 4.78 is 5.75. The number of rotatable bonds is 3. The first-order valence-corrected chi connectivity index (χ1v) is 5.78. The van der Waals surface area contributed by atoms with E-state index in [0.717, 1.165) is 5.56 Å². The molecule has 2 rings (SSSR count). The van der Waals surface area contributed by atoms with Crippen molar-refractivity contribution in [2.24, 2.45) is 5.73 Å². The van der Waals surface area contributed by atoms with Gasteiger partial charge in [0.1, 0.15) is 0 Å². The van der Waals surface area contributed by atoms with Crippen LogP contribution in [0.1, 0.15) is 30.4 Å². The monoisotopic (exact) mass is 215 g/mol. The number of ether oxygens (including phenoxy) is 1. The van der Waals surface area contributed by atoms with Gasteiger partial charge in [0, 0.05) is 5.56 Å². The molecular weight excluding hydrogens is 198 g/mol. The van der Waals surface area contributed by atoms with Gasteiger partial charge in [0.2, 0.25) is 0 Å². The summed E-state index contributed by atoms with van der Waals surface area (Å²) in [5, 5.41) is 0.